The van der Waals surface area contributed by atoms with Crippen molar-refractivity contribution in [3.8, 4) is 0 Å². The van der Waals surface area contributed by atoms with Crippen LogP contribution in [0.1, 0.15) is 188 Å². The summed E-state index contributed by atoms with van der Waals surface area (Å²) in [7, 11) is 0. The van der Waals surface area contributed by atoms with Crippen molar-refractivity contribution < 1.29 is 28.6 Å². The van der Waals surface area contributed by atoms with Crippen LogP contribution in [0.2, 0.25) is 0 Å². The van der Waals surface area contributed by atoms with Gasteiger partial charge in [-0.1, -0.05) is 149 Å². The molecule has 0 fully saturated rings. The molecule has 0 rings (SSSR count). The van der Waals surface area contributed by atoms with Crippen LogP contribution in [0.25, 0.3) is 0 Å². The summed E-state index contributed by atoms with van der Waals surface area (Å²) >= 11 is 0. The van der Waals surface area contributed by atoms with E-state index in [-0.39, 0.29) is 31.1 Å². The molecule has 0 saturated carbocycles. The van der Waals surface area contributed by atoms with E-state index in [4.69, 9.17) is 14.2 Å². The van der Waals surface area contributed by atoms with E-state index in [1.807, 2.05) is 0 Å². The molecular formula is C35H66O6. The Labute approximate surface area is 253 Å². The van der Waals surface area contributed by atoms with Crippen LogP contribution >= 0.6 is 0 Å². The van der Waals surface area contributed by atoms with Gasteiger partial charge in [-0.15, -0.1) is 0 Å². The van der Waals surface area contributed by atoms with Gasteiger partial charge in [0.1, 0.15) is 13.2 Å². The minimum Gasteiger partial charge on any atom is -0.462 e. The van der Waals surface area contributed by atoms with Crippen LogP contribution < -0.4 is 0 Å². The summed E-state index contributed by atoms with van der Waals surface area (Å²) in [4.78, 5) is 36.9. The molecule has 6 nitrogen and oxygen atoms in total. The summed E-state index contributed by atoms with van der Waals surface area (Å²) in [6.45, 7) is 6.48. The molecule has 0 heterocycles. The normalized spacial score (nSPS) is 11.8. The van der Waals surface area contributed by atoms with Crippen molar-refractivity contribution >= 4 is 17.9 Å². The molecule has 0 amide bonds. The topological polar surface area (TPSA) is 78.9 Å². The maximum absolute atomic E-state index is 12.5. The molecule has 0 N–H and O–H groups in total. The van der Waals surface area contributed by atoms with Gasteiger partial charge in [-0.25, -0.2) is 0 Å². The van der Waals surface area contributed by atoms with Crippen molar-refractivity contribution in [2.75, 3.05) is 13.2 Å². The zero-order valence-electron chi connectivity index (χ0n) is 27.3. The van der Waals surface area contributed by atoms with Crippen molar-refractivity contribution in [2.45, 2.75) is 194 Å². The average molecular weight is 583 g/mol. The van der Waals surface area contributed by atoms with Crippen molar-refractivity contribution in [1.82, 2.24) is 0 Å². The SMILES string of the molecule is CCCCCCCCCCCCCC(=O)OC(COC(=O)CCCCCCC)COC(=O)CCCCCCCCC. The minimum absolute atomic E-state index is 0.0664. The molecule has 242 valence electrons. The number of unbranched alkanes of at least 4 members (excludes halogenated alkanes) is 20. The molecule has 0 aromatic carbocycles. The lowest BCUT2D eigenvalue weighted by atomic mass is 10.1. The number of rotatable bonds is 31. The van der Waals surface area contributed by atoms with Gasteiger partial charge in [0.05, 0.1) is 0 Å². The van der Waals surface area contributed by atoms with E-state index in [1.165, 1.54) is 83.5 Å². The smallest absolute Gasteiger partial charge is 0.306 e. The second kappa shape index (κ2) is 31.3. The highest BCUT2D eigenvalue weighted by atomic mass is 16.6. The fraction of sp³-hybridized carbons (Fsp3) is 0.914. The molecule has 0 saturated heterocycles. The van der Waals surface area contributed by atoms with Crippen LogP contribution in [0, 0.1) is 0 Å². The molecule has 0 aliphatic rings. The fourth-order valence-corrected chi connectivity index (χ4v) is 4.91. The van der Waals surface area contributed by atoms with Crippen LogP contribution in [0.3, 0.4) is 0 Å². The minimum atomic E-state index is -0.753. The number of carbonyl (C=O) groups excluding carboxylic acids is 3. The predicted octanol–water partition coefficient (Wildman–Crippen LogP) is 10.2. The van der Waals surface area contributed by atoms with Gasteiger partial charge in [-0.05, 0) is 19.3 Å². The first-order valence-corrected chi connectivity index (χ1v) is 17.5. The largest absolute Gasteiger partial charge is 0.462 e. The summed E-state index contributed by atoms with van der Waals surface area (Å²) < 4.78 is 16.4. The Kier molecular flexibility index (Phi) is 30.1. The van der Waals surface area contributed by atoms with Crippen LogP contribution in [-0.2, 0) is 28.6 Å². The number of esters is 3. The van der Waals surface area contributed by atoms with E-state index in [2.05, 4.69) is 20.8 Å². The van der Waals surface area contributed by atoms with Crippen molar-refractivity contribution in [1.29, 1.82) is 0 Å². The first kappa shape index (κ1) is 39.4. The molecule has 0 radical (unpaired) electrons. The van der Waals surface area contributed by atoms with Gasteiger partial charge in [0, 0.05) is 19.3 Å². The Morgan fingerprint density at radius 2 is 0.659 bits per heavy atom. The van der Waals surface area contributed by atoms with E-state index < -0.39 is 6.10 Å². The monoisotopic (exact) mass is 582 g/mol. The molecular weight excluding hydrogens is 516 g/mol. The molecule has 1 unspecified atom stereocenters. The molecule has 6 heteroatoms. The van der Waals surface area contributed by atoms with Gasteiger partial charge in [-0.2, -0.15) is 0 Å². The maximum Gasteiger partial charge on any atom is 0.306 e. The molecule has 41 heavy (non-hydrogen) atoms. The Morgan fingerprint density at radius 1 is 0.390 bits per heavy atom. The summed E-state index contributed by atoms with van der Waals surface area (Å²) in [5.74, 6) is -0.890. The lowest BCUT2D eigenvalue weighted by Crippen LogP contribution is -2.30. The van der Waals surface area contributed by atoms with Gasteiger partial charge in [0.15, 0.2) is 6.10 Å². The third kappa shape index (κ3) is 29.7. The van der Waals surface area contributed by atoms with Crippen LogP contribution in [-0.4, -0.2) is 37.2 Å². The highest BCUT2D eigenvalue weighted by Crippen LogP contribution is 2.13. The van der Waals surface area contributed by atoms with E-state index in [1.54, 1.807) is 0 Å². The lowest BCUT2D eigenvalue weighted by Gasteiger charge is -2.18. The van der Waals surface area contributed by atoms with Crippen molar-refractivity contribution in [3.63, 3.8) is 0 Å². The second-order valence-electron chi connectivity index (χ2n) is 11.8. The number of hydrogen-bond acceptors (Lipinski definition) is 6. The Hall–Kier alpha value is -1.59. The molecule has 0 aliphatic carbocycles. The van der Waals surface area contributed by atoms with Gasteiger partial charge >= 0.3 is 17.9 Å². The molecule has 0 aromatic rings. The van der Waals surface area contributed by atoms with Crippen LogP contribution in [0.4, 0.5) is 0 Å². The van der Waals surface area contributed by atoms with Crippen LogP contribution in [0.5, 0.6) is 0 Å². The van der Waals surface area contributed by atoms with Crippen molar-refractivity contribution in [3.05, 3.63) is 0 Å². The Morgan fingerprint density at radius 3 is 0.976 bits per heavy atom. The number of ether oxygens (including phenoxy) is 3. The van der Waals surface area contributed by atoms with Crippen LogP contribution in [0.15, 0.2) is 0 Å². The number of hydrogen-bond donors (Lipinski definition) is 0. The average Bonchev–Trinajstić information content (AvgIpc) is 2.96. The van der Waals surface area contributed by atoms with Gasteiger partial charge in [0.2, 0.25) is 0 Å². The highest BCUT2D eigenvalue weighted by Gasteiger charge is 2.19. The quantitative estimate of drug-likeness (QED) is 0.0459. The standard InChI is InChI=1S/C35H66O6/c1-4-7-10-13-15-16-17-18-20-23-26-29-35(38)41-32(30-39-33(36)27-24-21-12-9-6-3)31-40-34(37)28-25-22-19-14-11-8-5-2/h32H,4-31H2,1-3H3. The second-order valence-corrected chi connectivity index (χ2v) is 11.8. The zero-order valence-corrected chi connectivity index (χ0v) is 27.3. The molecule has 0 aliphatic heterocycles. The van der Waals surface area contributed by atoms with E-state index in [0.29, 0.717) is 19.3 Å². The fourth-order valence-electron chi connectivity index (χ4n) is 4.91. The Balaban J connectivity index is 4.29. The molecule has 0 aromatic heterocycles. The summed E-state index contributed by atoms with van der Waals surface area (Å²) in [5, 5.41) is 0. The Bertz CT molecular complexity index is 605. The molecule has 0 spiro atoms. The highest BCUT2D eigenvalue weighted by molar-refractivity contribution is 5.71. The predicted molar refractivity (Wildman–Crippen MR) is 169 cm³/mol. The first-order valence-electron chi connectivity index (χ1n) is 17.5. The third-order valence-electron chi connectivity index (χ3n) is 7.61. The molecule has 0 bridgehead atoms. The van der Waals surface area contributed by atoms with Gasteiger partial charge in [0.25, 0.3) is 0 Å². The summed E-state index contributed by atoms with van der Waals surface area (Å²) in [6.07, 6.45) is 26.9. The lowest BCUT2D eigenvalue weighted by molar-refractivity contribution is -0.167. The number of carbonyl (C=O) groups is 3. The summed E-state index contributed by atoms with van der Waals surface area (Å²) in [6, 6.07) is 0. The maximum atomic E-state index is 12.5. The first-order chi connectivity index (χ1) is 20.0. The van der Waals surface area contributed by atoms with Gasteiger partial charge < -0.3 is 14.2 Å². The van der Waals surface area contributed by atoms with Crippen molar-refractivity contribution in [2.24, 2.45) is 0 Å². The summed E-state index contributed by atoms with van der Waals surface area (Å²) in [5.41, 5.74) is 0. The zero-order chi connectivity index (χ0) is 30.2. The van der Waals surface area contributed by atoms with E-state index >= 15 is 0 Å². The van der Waals surface area contributed by atoms with E-state index in [9.17, 15) is 14.4 Å². The van der Waals surface area contributed by atoms with Gasteiger partial charge in [-0.3, -0.25) is 14.4 Å². The third-order valence-corrected chi connectivity index (χ3v) is 7.61. The van der Waals surface area contributed by atoms with E-state index in [0.717, 1.165) is 64.2 Å². The molecule has 1 atom stereocenters.